The Hall–Kier alpha value is -3.95. The fourth-order valence-corrected chi connectivity index (χ4v) is 5.34. The number of nitrogens with zero attached hydrogens (tertiary/aromatic N) is 5. The van der Waals surface area contributed by atoms with E-state index in [1.807, 2.05) is 38.1 Å². The molecule has 208 valence electrons. The standard InChI is InChI=1S/C29H28F2N6O.C2H6/c1-35-8-10-36(11-9-35)15-21-13-24(30)25(31)14-22(21)18-6-7-26-23(12-18)27(34-29(32)33-26)28(38)37-16-19-4-2-3-5-20(19)17-37;1-2/h2-7,12-14H,8-11,15-17H2,1H3,(H2,32,33,34);1-2H3. The molecular weight excluding hydrogens is 510 g/mol. The summed E-state index contributed by atoms with van der Waals surface area (Å²) < 4.78 is 28.8. The summed E-state index contributed by atoms with van der Waals surface area (Å²) in [7, 11) is 2.07. The highest BCUT2D eigenvalue weighted by Crippen LogP contribution is 2.32. The minimum atomic E-state index is -0.915. The highest BCUT2D eigenvalue weighted by molar-refractivity contribution is 6.06. The second-order valence-electron chi connectivity index (χ2n) is 10.1. The van der Waals surface area contributed by atoms with Crippen LogP contribution in [0, 0.1) is 11.6 Å². The molecule has 2 N–H and O–H groups in total. The molecule has 2 aliphatic rings. The van der Waals surface area contributed by atoms with Gasteiger partial charge in [-0.05, 0) is 59.1 Å². The average Bonchev–Trinajstić information content (AvgIpc) is 3.41. The maximum Gasteiger partial charge on any atom is 0.273 e. The normalized spacial score (nSPS) is 15.6. The zero-order chi connectivity index (χ0) is 28.4. The summed E-state index contributed by atoms with van der Waals surface area (Å²) in [5.41, 5.74) is 10.8. The van der Waals surface area contributed by atoms with E-state index in [2.05, 4.69) is 26.8 Å². The second-order valence-corrected chi connectivity index (χ2v) is 10.1. The van der Waals surface area contributed by atoms with Crippen LogP contribution < -0.4 is 5.73 Å². The zero-order valence-corrected chi connectivity index (χ0v) is 23.1. The van der Waals surface area contributed by atoms with Crippen LogP contribution in [0.3, 0.4) is 0 Å². The highest BCUT2D eigenvalue weighted by atomic mass is 19.2. The van der Waals surface area contributed by atoms with Gasteiger partial charge < -0.3 is 15.5 Å². The molecule has 0 unspecified atom stereocenters. The maximum absolute atomic E-state index is 14.5. The summed E-state index contributed by atoms with van der Waals surface area (Å²) >= 11 is 0. The predicted molar refractivity (Wildman–Crippen MR) is 153 cm³/mol. The molecule has 1 saturated heterocycles. The van der Waals surface area contributed by atoms with Crippen molar-refractivity contribution in [2.75, 3.05) is 39.0 Å². The van der Waals surface area contributed by atoms with Crippen LogP contribution in [0.1, 0.15) is 41.0 Å². The van der Waals surface area contributed by atoms with Crippen LogP contribution in [-0.2, 0) is 19.6 Å². The van der Waals surface area contributed by atoms with Crippen molar-refractivity contribution in [3.63, 3.8) is 0 Å². The van der Waals surface area contributed by atoms with Crippen LogP contribution in [0.25, 0.3) is 22.0 Å². The number of carbonyl (C=O) groups is 1. The Morgan fingerprint density at radius 3 is 2.23 bits per heavy atom. The first-order chi connectivity index (χ1) is 19.4. The number of piperazine rings is 1. The summed E-state index contributed by atoms with van der Waals surface area (Å²) in [6.45, 7) is 8.98. The molecule has 3 heterocycles. The largest absolute Gasteiger partial charge is 0.368 e. The smallest absolute Gasteiger partial charge is 0.273 e. The van der Waals surface area contributed by atoms with Gasteiger partial charge in [0, 0.05) is 51.2 Å². The zero-order valence-electron chi connectivity index (χ0n) is 23.1. The monoisotopic (exact) mass is 544 g/mol. The molecule has 0 spiro atoms. The van der Waals surface area contributed by atoms with Gasteiger partial charge in [-0.2, -0.15) is 0 Å². The van der Waals surface area contributed by atoms with Crippen LogP contribution in [-0.4, -0.2) is 63.8 Å². The summed E-state index contributed by atoms with van der Waals surface area (Å²) in [6, 6.07) is 15.8. The van der Waals surface area contributed by atoms with Crippen LogP contribution in [0.15, 0.2) is 54.6 Å². The summed E-state index contributed by atoms with van der Waals surface area (Å²) in [4.78, 5) is 28.5. The van der Waals surface area contributed by atoms with E-state index < -0.39 is 11.6 Å². The van der Waals surface area contributed by atoms with Gasteiger partial charge in [0.15, 0.2) is 11.6 Å². The van der Waals surface area contributed by atoms with Gasteiger partial charge in [-0.3, -0.25) is 9.69 Å². The molecule has 0 bridgehead atoms. The fourth-order valence-electron chi connectivity index (χ4n) is 5.34. The Kier molecular flexibility index (Phi) is 8.04. The van der Waals surface area contributed by atoms with Gasteiger partial charge in [0.25, 0.3) is 5.91 Å². The van der Waals surface area contributed by atoms with Gasteiger partial charge in [-0.25, -0.2) is 18.7 Å². The van der Waals surface area contributed by atoms with E-state index >= 15 is 0 Å². The number of halogens is 2. The van der Waals surface area contributed by atoms with E-state index in [9.17, 15) is 13.6 Å². The third kappa shape index (κ3) is 5.52. The van der Waals surface area contributed by atoms with Crippen molar-refractivity contribution in [1.29, 1.82) is 0 Å². The van der Waals surface area contributed by atoms with Crippen molar-refractivity contribution >= 4 is 22.8 Å². The Morgan fingerprint density at radius 2 is 1.55 bits per heavy atom. The van der Waals surface area contributed by atoms with E-state index in [1.165, 1.54) is 12.1 Å². The first kappa shape index (κ1) is 27.6. The van der Waals surface area contributed by atoms with Gasteiger partial charge in [0.05, 0.1) is 5.52 Å². The van der Waals surface area contributed by atoms with Crippen molar-refractivity contribution in [1.82, 2.24) is 24.7 Å². The average molecular weight is 545 g/mol. The van der Waals surface area contributed by atoms with Crippen LogP contribution in [0.2, 0.25) is 0 Å². The quantitative estimate of drug-likeness (QED) is 0.386. The highest BCUT2D eigenvalue weighted by Gasteiger charge is 2.27. The molecule has 0 radical (unpaired) electrons. The van der Waals surface area contributed by atoms with Crippen molar-refractivity contribution in [3.05, 3.63) is 88.6 Å². The number of rotatable bonds is 4. The molecule has 4 aromatic rings. The Bertz CT molecular complexity index is 1530. The number of fused-ring (bicyclic) bond motifs is 2. The van der Waals surface area contributed by atoms with Crippen molar-refractivity contribution < 1.29 is 13.6 Å². The van der Waals surface area contributed by atoms with Gasteiger partial charge in [-0.15, -0.1) is 0 Å². The number of amides is 1. The molecule has 1 fully saturated rings. The number of carbonyl (C=O) groups excluding carboxylic acids is 1. The number of benzene rings is 3. The van der Waals surface area contributed by atoms with Gasteiger partial charge in [0.2, 0.25) is 5.95 Å². The summed E-state index contributed by atoms with van der Waals surface area (Å²) in [5, 5.41) is 0.521. The molecule has 6 rings (SSSR count). The van der Waals surface area contributed by atoms with E-state index in [0.29, 0.717) is 47.2 Å². The van der Waals surface area contributed by atoms with E-state index in [1.54, 1.807) is 23.1 Å². The lowest BCUT2D eigenvalue weighted by molar-refractivity contribution is 0.0747. The molecule has 0 saturated carbocycles. The first-order valence-electron chi connectivity index (χ1n) is 13.7. The molecule has 9 heteroatoms. The predicted octanol–water partition coefficient (Wildman–Crippen LogP) is 5.09. The molecule has 40 heavy (non-hydrogen) atoms. The van der Waals surface area contributed by atoms with Crippen molar-refractivity contribution in [3.8, 4) is 11.1 Å². The second kappa shape index (κ2) is 11.7. The molecule has 7 nitrogen and oxygen atoms in total. The number of anilines is 1. The number of nitrogens with two attached hydrogens (primary N) is 1. The summed E-state index contributed by atoms with van der Waals surface area (Å²) in [6.07, 6.45) is 0. The van der Waals surface area contributed by atoms with Crippen molar-refractivity contribution in [2.24, 2.45) is 0 Å². The Balaban J connectivity index is 0.00000158. The minimum Gasteiger partial charge on any atom is -0.368 e. The topological polar surface area (TPSA) is 78.6 Å². The lowest BCUT2D eigenvalue weighted by atomic mass is 9.96. The van der Waals surface area contributed by atoms with Gasteiger partial charge >= 0.3 is 0 Å². The number of nitrogen functional groups attached to an aromatic ring is 1. The van der Waals surface area contributed by atoms with Crippen LogP contribution in [0.4, 0.5) is 14.7 Å². The van der Waals surface area contributed by atoms with Crippen LogP contribution >= 0.6 is 0 Å². The molecule has 1 amide bonds. The third-order valence-corrected chi connectivity index (χ3v) is 7.49. The fraction of sp³-hybridized carbons (Fsp3) is 0.323. The summed E-state index contributed by atoms with van der Waals surface area (Å²) in [5.74, 6) is -2.03. The molecule has 0 atom stereocenters. The molecular formula is C31H34F2N6O. The number of hydrogen-bond donors (Lipinski definition) is 1. The van der Waals surface area contributed by atoms with E-state index in [-0.39, 0.29) is 17.5 Å². The minimum absolute atomic E-state index is 0.00823. The number of likely N-dealkylation sites (N-methyl/N-ethyl adjacent to an activating group) is 1. The first-order valence-corrected chi connectivity index (χ1v) is 13.7. The molecule has 2 aliphatic heterocycles. The van der Waals surface area contributed by atoms with Crippen LogP contribution in [0.5, 0.6) is 0 Å². The van der Waals surface area contributed by atoms with E-state index in [4.69, 9.17) is 5.73 Å². The lowest BCUT2D eigenvalue weighted by Crippen LogP contribution is -2.43. The lowest BCUT2D eigenvalue weighted by Gasteiger charge is -2.32. The maximum atomic E-state index is 14.5. The molecule has 0 aliphatic carbocycles. The molecule has 1 aromatic heterocycles. The molecule has 3 aromatic carbocycles. The Morgan fingerprint density at radius 1 is 0.900 bits per heavy atom. The SMILES string of the molecule is CC.CN1CCN(Cc2cc(F)c(F)cc2-c2ccc3nc(N)nc(C(=O)N4Cc5ccccc5C4)c3c2)CC1. The number of hydrogen-bond acceptors (Lipinski definition) is 6. The van der Waals surface area contributed by atoms with Gasteiger partial charge in [-0.1, -0.05) is 44.2 Å². The number of aromatic nitrogens is 2. The van der Waals surface area contributed by atoms with Crippen molar-refractivity contribution in [2.45, 2.75) is 33.5 Å². The third-order valence-electron chi connectivity index (χ3n) is 7.49. The Labute approximate surface area is 233 Å². The van der Waals surface area contributed by atoms with Gasteiger partial charge in [0.1, 0.15) is 5.69 Å². The van der Waals surface area contributed by atoms with E-state index in [0.717, 1.165) is 37.3 Å².